The zero-order valence-electron chi connectivity index (χ0n) is 25.0. The molecule has 0 saturated heterocycles. The minimum Gasteiger partial charge on any atom is -0.310 e. The summed E-state index contributed by atoms with van der Waals surface area (Å²) in [6.45, 7) is 14.1. The number of aliphatic imine (C=N–C) groups is 6. The van der Waals surface area contributed by atoms with E-state index in [2.05, 4.69) is 57.3 Å². The largest absolute Gasteiger partial charge is 0.310 e. The second-order valence-corrected chi connectivity index (χ2v) is 10.5. The molecule has 0 N–H and O–H groups in total. The van der Waals surface area contributed by atoms with Crippen molar-refractivity contribution in [1.82, 2.24) is 9.80 Å². The predicted octanol–water partition coefficient (Wildman–Crippen LogP) is 5.17. The average molecular weight is 583 g/mol. The molecule has 0 amide bonds. The van der Waals surface area contributed by atoms with E-state index in [1.807, 2.05) is 78.3 Å². The number of benzene rings is 3. The highest BCUT2D eigenvalue weighted by molar-refractivity contribution is 5.86. The van der Waals surface area contributed by atoms with Crippen molar-refractivity contribution in [3.8, 4) is 0 Å². The first kappa shape index (κ1) is 30.4. The standard InChI is InChI=1S/C36H38N8/c1-29-41-27-35-11-7-33(8-12-35)24-38-16-20-43-19-15-37-23-31-3-5-32(6-4-31)26-40-18-22-44(29)30(2)42-28-36-13-9-34(10-14-36)25-39-17-21-43/h3-14,23-28H,1-2,15-22H2. The fraction of sp³-hybridized carbons (Fsp3) is 0.222. The van der Waals surface area contributed by atoms with Crippen LogP contribution in [-0.4, -0.2) is 99.4 Å². The molecule has 0 saturated carbocycles. The van der Waals surface area contributed by atoms with Crippen LogP contribution in [0.5, 0.6) is 0 Å². The molecule has 8 bridgehead atoms. The molecule has 8 nitrogen and oxygen atoms in total. The van der Waals surface area contributed by atoms with Crippen molar-refractivity contribution in [1.29, 1.82) is 0 Å². The highest BCUT2D eigenvalue weighted by Crippen LogP contribution is 2.14. The molecule has 8 heteroatoms. The molecule has 0 unspecified atom stereocenters. The van der Waals surface area contributed by atoms with E-state index in [4.69, 9.17) is 15.0 Å². The zero-order valence-corrected chi connectivity index (χ0v) is 25.0. The van der Waals surface area contributed by atoms with E-state index in [1.165, 1.54) is 0 Å². The van der Waals surface area contributed by atoms with E-state index in [0.717, 1.165) is 53.0 Å². The van der Waals surface area contributed by atoms with Crippen molar-refractivity contribution in [2.24, 2.45) is 30.0 Å². The normalized spacial score (nSPS) is 18.4. The van der Waals surface area contributed by atoms with Crippen LogP contribution in [0.1, 0.15) is 33.4 Å². The maximum Gasteiger partial charge on any atom is 0.126 e. The first-order valence-electron chi connectivity index (χ1n) is 14.9. The fourth-order valence-electron chi connectivity index (χ4n) is 4.62. The molecular weight excluding hydrogens is 544 g/mol. The Labute approximate surface area is 260 Å². The van der Waals surface area contributed by atoms with Crippen LogP contribution in [0, 0.1) is 0 Å². The molecule has 44 heavy (non-hydrogen) atoms. The van der Waals surface area contributed by atoms with E-state index in [9.17, 15) is 0 Å². The van der Waals surface area contributed by atoms with E-state index in [1.54, 1.807) is 12.4 Å². The Morgan fingerprint density at radius 3 is 0.977 bits per heavy atom. The molecule has 3 aromatic rings. The number of rotatable bonds is 0. The molecule has 0 aromatic heterocycles. The van der Waals surface area contributed by atoms with Crippen LogP contribution in [0.2, 0.25) is 0 Å². The highest BCUT2D eigenvalue weighted by Gasteiger charge is 2.10. The van der Waals surface area contributed by atoms with Crippen LogP contribution < -0.4 is 0 Å². The van der Waals surface area contributed by atoms with Crippen molar-refractivity contribution in [2.75, 3.05) is 52.4 Å². The van der Waals surface area contributed by atoms with Crippen molar-refractivity contribution in [3.05, 3.63) is 131 Å². The third-order valence-electron chi connectivity index (χ3n) is 7.21. The van der Waals surface area contributed by atoms with Gasteiger partial charge in [0.25, 0.3) is 0 Å². The van der Waals surface area contributed by atoms with Gasteiger partial charge in [0.15, 0.2) is 0 Å². The quantitative estimate of drug-likeness (QED) is 0.366. The third-order valence-corrected chi connectivity index (χ3v) is 7.21. The lowest BCUT2D eigenvalue weighted by Crippen LogP contribution is -2.31. The van der Waals surface area contributed by atoms with Gasteiger partial charge in [-0.1, -0.05) is 86.0 Å². The highest BCUT2D eigenvalue weighted by atomic mass is 15.3. The molecule has 15 rings (SSSR count). The Hall–Kier alpha value is -5.08. The van der Waals surface area contributed by atoms with Crippen molar-refractivity contribution in [2.45, 2.75) is 0 Å². The fourth-order valence-corrected chi connectivity index (χ4v) is 4.62. The monoisotopic (exact) mass is 582 g/mol. The first-order valence-corrected chi connectivity index (χ1v) is 14.9. The smallest absolute Gasteiger partial charge is 0.126 e. The topological polar surface area (TPSA) is 80.6 Å². The third kappa shape index (κ3) is 9.47. The van der Waals surface area contributed by atoms with Gasteiger partial charge in [0.1, 0.15) is 11.6 Å². The Morgan fingerprint density at radius 1 is 0.386 bits per heavy atom. The minimum atomic E-state index is 0.519. The van der Waals surface area contributed by atoms with Crippen molar-refractivity contribution < 1.29 is 0 Å². The van der Waals surface area contributed by atoms with Gasteiger partial charge in [-0.05, 0) is 33.4 Å². The molecule has 0 fully saturated rings. The Kier molecular flexibility index (Phi) is 11.0. The van der Waals surface area contributed by atoms with E-state index >= 15 is 0 Å². The number of hydrogen-bond donors (Lipinski definition) is 0. The van der Waals surface area contributed by atoms with Gasteiger partial charge in [0, 0.05) is 63.5 Å². The van der Waals surface area contributed by atoms with E-state index < -0.39 is 0 Å². The summed E-state index contributed by atoms with van der Waals surface area (Å²) in [5.74, 6) is 1.07. The molecule has 0 atom stereocenters. The zero-order chi connectivity index (χ0) is 30.4. The average Bonchev–Trinajstić information content (AvgIpc) is 3.05. The number of hydrogen-bond acceptors (Lipinski definition) is 8. The van der Waals surface area contributed by atoms with Gasteiger partial charge in [-0.15, -0.1) is 0 Å². The summed E-state index contributed by atoms with van der Waals surface area (Å²) < 4.78 is 0. The maximum absolute atomic E-state index is 4.70. The van der Waals surface area contributed by atoms with Crippen LogP contribution in [0.25, 0.3) is 0 Å². The van der Waals surface area contributed by atoms with E-state index in [-0.39, 0.29) is 0 Å². The Bertz CT molecular complexity index is 1490. The lowest BCUT2D eigenvalue weighted by Gasteiger charge is -2.22. The van der Waals surface area contributed by atoms with Crippen LogP contribution in [0.15, 0.2) is 128 Å². The molecule has 12 aliphatic heterocycles. The lowest BCUT2D eigenvalue weighted by molar-refractivity contribution is 0.298. The predicted molar refractivity (Wildman–Crippen MR) is 186 cm³/mol. The summed E-state index contributed by atoms with van der Waals surface area (Å²) in [5, 5.41) is 0. The molecule has 12 heterocycles. The van der Waals surface area contributed by atoms with Gasteiger partial charge in [0.05, 0.1) is 26.2 Å². The molecule has 222 valence electrons. The van der Waals surface area contributed by atoms with Crippen molar-refractivity contribution in [3.63, 3.8) is 0 Å². The molecule has 0 radical (unpaired) electrons. The van der Waals surface area contributed by atoms with Crippen LogP contribution >= 0.6 is 0 Å². The van der Waals surface area contributed by atoms with Crippen LogP contribution in [-0.2, 0) is 0 Å². The summed E-state index contributed by atoms with van der Waals surface area (Å²) >= 11 is 0. The van der Waals surface area contributed by atoms with Crippen molar-refractivity contribution >= 4 is 37.3 Å². The Morgan fingerprint density at radius 2 is 0.659 bits per heavy atom. The van der Waals surface area contributed by atoms with Crippen LogP contribution in [0.4, 0.5) is 0 Å². The van der Waals surface area contributed by atoms with Gasteiger partial charge in [-0.2, -0.15) is 0 Å². The second-order valence-electron chi connectivity index (χ2n) is 10.5. The Balaban J connectivity index is 1.49. The summed E-state index contributed by atoms with van der Waals surface area (Å²) in [6, 6.07) is 24.5. The van der Waals surface area contributed by atoms with Gasteiger partial charge in [-0.3, -0.25) is 24.9 Å². The summed E-state index contributed by atoms with van der Waals surface area (Å²) in [7, 11) is 0. The number of nitrogens with zero attached hydrogens (tertiary/aromatic N) is 8. The van der Waals surface area contributed by atoms with Gasteiger partial charge in [-0.25, -0.2) is 9.98 Å². The van der Waals surface area contributed by atoms with E-state index in [0.29, 0.717) is 44.4 Å². The van der Waals surface area contributed by atoms with Crippen LogP contribution in [0.3, 0.4) is 0 Å². The molecule has 12 aliphatic rings. The van der Waals surface area contributed by atoms with Gasteiger partial charge in [0.2, 0.25) is 0 Å². The first-order chi connectivity index (χ1) is 21.6. The minimum absolute atomic E-state index is 0.519. The second kappa shape index (κ2) is 16.0. The summed E-state index contributed by atoms with van der Waals surface area (Å²) in [5.41, 5.74) is 6.10. The SMILES string of the molecule is C=C1N=Cc2ccc(cc2)C=NCCN2CCN=Cc3ccc(cc3)C=NCCN1C(=C)N=Cc1ccc(cc1)C=NCC2. The molecule has 0 aliphatic carbocycles. The van der Waals surface area contributed by atoms with Gasteiger partial charge < -0.3 is 4.90 Å². The summed E-state index contributed by atoms with van der Waals surface area (Å²) in [6.07, 6.45) is 11.3. The molecular formula is C36H38N8. The summed E-state index contributed by atoms with van der Waals surface area (Å²) in [4.78, 5) is 32.3. The van der Waals surface area contributed by atoms with Gasteiger partial charge >= 0.3 is 0 Å². The maximum atomic E-state index is 4.70. The molecule has 0 spiro atoms. The molecule has 3 aromatic carbocycles. The lowest BCUT2D eigenvalue weighted by atomic mass is 10.1.